The molecule has 0 saturated carbocycles. The van der Waals surface area contributed by atoms with Crippen LogP contribution in [0.3, 0.4) is 0 Å². The fourth-order valence-electron chi connectivity index (χ4n) is 5.94. The molecule has 6 rings (SSSR count). The molecule has 1 unspecified atom stereocenters. The lowest BCUT2D eigenvalue weighted by molar-refractivity contribution is 0.354. The topological polar surface area (TPSA) is 86.2 Å². The van der Waals surface area contributed by atoms with E-state index < -0.39 is 10.0 Å². The van der Waals surface area contributed by atoms with E-state index in [0.29, 0.717) is 28.1 Å². The van der Waals surface area contributed by atoms with Crippen LogP contribution < -0.4 is 9.47 Å². The maximum Gasteiger partial charge on any atom is 0.268 e. The molecule has 0 amide bonds. The lowest BCUT2D eigenvalue weighted by Crippen LogP contribution is -2.17. The van der Waals surface area contributed by atoms with Gasteiger partial charge in [-0.15, -0.1) is 0 Å². The van der Waals surface area contributed by atoms with Crippen LogP contribution in [0.5, 0.6) is 11.5 Å². The molecule has 0 bridgehead atoms. The number of rotatable bonds is 5. The predicted octanol–water partition coefficient (Wildman–Crippen LogP) is 6.33. The molecule has 0 spiro atoms. The third kappa shape index (κ3) is 3.57. The number of benzene rings is 3. The Labute approximate surface area is 227 Å². The number of para-hydroxylation sites is 1. The summed E-state index contributed by atoms with van der Waals surface area (Å²) in [7, 11) is -0.658. The highest BCUT2D eigenvalue weighted by Gasteiger charge is 2.33. The van der Waals surface area contributed by atoms with Crippen molar-refractivity contribution < 1.29 is 17.9 Å². The summed E-state index contributed by atoms with van der Waals surface area (Å²) in [6.45, 7) is 4.13. The minimum absolute atomic E-state index is 0.0767. The molecule has 0 saturated heterocycles. The van der Waals surface area contributed by atoms with E-state index in [1.54, 1.807) is 56.8 Å². The van der Waals surface area contributed by atoms with Crippen LogP contribution >= 0.6 is 0 Å². The van der Waals surface area contributed by atoms with E-state index >= 15 is 0 Å². The first-order valence-electron chi connectivity index (χ1n) is 12.6. The van der Waals surface area contributed by atoms with Crippen molar-refractivity contribution in [2.45, 2.75) is 31.2 Å². The normalized spacial score (nSPS) is 14.5. The molecule has 3 heterocycles. The van der Waals surface area contributed by atoms with Crippen LogP contribution in [0.25, 0.3) is 33.3 Å². The van der Waals surface area contributed by atoms with Crippen LogP contribution in [0.15, 0.2) is 77.8 Å². The highest BCUT2D eigenvalue weighted by molar-refractivity contribution is 7.90. The zero-order chi connectivity index (χ0) is 27.5. The molecule has 2 aromatic heterocycles. The van der Waals surface area contributed by atoms with Gasteiger partial charge in [0, 0.05) is 40.0 Å². The summed E-state index contributed by atoms with van der Waals surface area (Å²) in [5, 5.41) is 11.3. The molecular formula is C31H27N3O4S. The fourth-order valence-corrected chi connectivity index (χ4v) is 7.33. The quantitative estimate of drug-likeness (QED) is 0.262. The third-order valence-electron chi connectivity index (χ3n) is 7.63. The second kappa shape index (κ2) is 9.07. The Morgan fingerprint density at radius 1 is 0.949 bits per heavy atom. The Balaban J connectivity index is 1.66. The van der Waals surface area contributed by atoms with Gasteiger partial charge in [-0.1, -0.05) is 36.4 Å². The average molecular weight is 538 g/mol. The molecule has 39 heavy (non-hydrogen) atoms. The summed E-state index contributed by atoms with van der Waals surface area (Å²) in [6, 6.07) is 22.3. The number of nitriles is 1. The van der Waals surface area contributed by atoms with Crippen LogP contribution in [0.1, 0.15) is 29.8 Å². The molecule has 1 aliphatic rings. The SMILES string of the molecule is COc1cc2c(cc1OC)-c1c(C#N)c(-c3cn(S(=O)(=O)c4ccccc4)c4ccccc34)c(C)n1C(C)C2. The lowest BCUT2D eigenvalue weighted by atomic mass is 9.91. The van der Waals surface area contributed by atoms with Crippen LogP contribution in [-0.4, -0.2) is 31.2 Å². The molecule has 0 fully saturated rings. The molecule has 7 nitrogen and oxygen atoms in total. The first kappa shape index (κ1) is 24.8. The van der Waals surface area contributed by atoms with Gasteiger partial charge in [0.2, 0.25) is 0 Å². The van der Waals surface area contributed by atoms with Gasteiger partial charge in [-0.05, 0) is 56.2 Å². The van der Waals surface area contributed by atoms with Crippen LogP contribution in [0, 0.1) is 18.3 Å². The van der Waals surface area contributed by atoms with Crippen LogP contribution in [-0.2, 0) is 16.4 Å². The summed E-state index contributed by atoms with van der Waals surface area (Å²) >= 11 is 0. The second-order valence-electron chi connectivity index (χ2n) is 9.76. The molecule has 0 radical (unpaired) electrons. The minimum atomic E-state index is -3.87. The maximum absolute atomic E-state index is 13.7. The number of ether oxygens (including phenoxy) is 2. The molecule has 0 N–H and O–H groups in total. The first-order chi connectivity index (χ1) is 18.8. The molecule has 196 valence electrons. The molecule has 0 aliphatic carbocycles. The van der Waals surface area contributed by atoms with Gasteiger partial charge in [0.25, 0.3) is 10.0 Å². The summed E-state index contributed by atoms with van der Waals surface area (Å²) in [5.74, 6) is 1.24. The van der Waals surface area contributed by atoms with Gasteiger partial charge in [0.15, 0.2) is 11.5 Å². The van der Waals surface area contributed by atoms with Crippen LogP contribution in [0.4, 0.5) is 0 Å². The predicted molar refractivity (Wildman–Crippen MR) is 151 cm³/mol. The summed E-state index contributed by atoms with van der Waals surface area (Å²) in [4.78, 5) is 0.203. The van der Waals surface area contributed by atoms with Crippen LogP contribution in [0.2, 0.25) is 0 Å². The van der Waals surface area contributed by atoms with Crippen molar-refractivity contribution in [1.29, 1.82) is 5.26 Å². The lowest BCUT2D eigenvalue weighted by Gasteiger charge is -2.28. The van der Waals surface area contributed by atoms with E-state index in [0.717, 1.165) is 39.9 Å². The highest BCUT2D eigenvalue weighted by Crippen LogP contribution is 2.48. The number of hydrogen-bond acceptors (Lipinski definition) is 5. The number of fused-ring (bicyclic) bond motifs is 4. The van der Waals surface area contributed by atoms with Gasteiger partial charge < -0.3 is 14.0 Å². The summed E-state index contributed by atoms with van der Waals surface area (Å²) in [5.41, 5.74) is 6.21. The third-order valence-corrected chi connectivity index (χ3v) is 9.32. The Kier molecular flexibility index (Phi) is 5.77. The minimum Gasteiger partial charge on any atom is -0.493 e. The molecule has 1 atom stereocenters. The number of hydrogen-bond donors (Lipinski definition) is 0. The summed E-state index contributed by atoms with van der Waals surface area (Å²) < 4.78 is 42.1. The van der Waals surface area contributed by atoms with E-state index in [1.165, 1.54) is 3.97 Å². The molecule has 3 aromatic carbocycles. The monoisotopic (exact) mass is 537 g/mol. The van der Waals surface area contributed by atoms with E-state index in [2.05, 4.69) is 17.6 Å². The standard InChI is InChI=1S/C31H27N3O4S/c1-19-14-21-15-28(37-3)29(38-4)16-24(21)31-25(17-32)30(20(2)34(19)31)26-18-33(27-13-9-8-12-23(26)27)39(35,36)22-10-6-5-7-11-22/h5-13,15-16,18-19H,14H2,1-4H3. The second-order valence-corrected chi connectivity index (χ2v) is 11.6. The van der Waals surface area contributed by atoms with Gasteiger partial charge in [-0.25, -0.2) is 12.4 Å². The first-order valence-corrected chi connectivity index (χ1v) is 14.1. The van der Waals surface area contributed by atoms with E-state index in [-0.39, 0.29) is 10.9 Å². The largest absolute Gasteiger partial charge is 0.493 e. The number of methoxy groups -OCH3 is 2. The van der Waals surface area contributed by atoms with E-state index in [4.69, 9.17) is 9.47 Å². The van der Waals surface area contributed by atoms with Crippen molar-refractivity contribution in [1.82, 2.24) is 8.54 Å². The van der Waals surface area contributed by atoms with Gasteiger partial charge in [-0.2, -0.15) is 5.26 Å². The Morgan fingerprint density at radius 3 is 2.31 bits per heavy atom. The Bertz CT molecular complexity index is 1910. The zero-order valence-corrected chi connectivity index (χ0v) is 22.9. The van der Waals surface area contributed by atoms with Gasteiger partial charge in [0.05, 0.1) is 35.9 Å². The molecule has 1 aliphatic heterocycles. The molecule has 8 heteroatoms. The summed E-state index contributed by atoms with van der Waals surface area (Å²) in [6.07, 6.45) is 2.41. The van der Waals surface area contributed by atoms with E-state index in [9.17, 15) is 13.7 Å². The van der Waals surface area contributed by atoms with Crippen molar-refractivity contribution >= 4 is 20.9 Å². The molecule has 5 aromatic rings. The number of nitrogens with zero attached hydrogens (tertiary/aromatic N) is 3. The van der Waals surface area contributed by atoms with Crippen molar-refractivity contribution in [2.24, 2.45) is 0 Å². The smallest absolute Gasteiger partial charge is 0.268 e. The van der Waals surface area contributed by atoms with Crippen molar-refractivity contribution in [3.05, 3.63) is 89.7 Å². The highest BCUT2D eigenvalue weighted by atomic mass is 32.2. The van der Waals surface area contributed by atoms with Gasteiger partial charge in [-0.3, -0.25) is 0 Å². The Morgan fingerprint density at radius 2 is 1.62 bits per heavy atom. The van der Waals surface area contributed by atoms with Crippen molar-refractivity contribution in [3.63, 3.8) is 0 Å². The van der Waals surface area contributed by atoms with Crippen molar-refractivity contribution in [3.8, 4) is 40.0 Å². The number of aromatic nitrogens is 2. The molecular weight excluding hydrogens is 510 g/mol. The van der Waals surface area contributed by atoms with Gasteiger partial charge in [0.1, 0.15) is 6.07 Å². The van der Waals surface area contributed by atoms with Crippen molar-refractivity contribution in [2.75, 3.05) is 14.2 Å². The maximum atomic E-state index is 13.7. The zero-order valence-electron chi connectivity index (χ0n) is 22.1. The van der Waals surface area contributed by atoms with E-state index in [1.807, 2.05) is 37.3 Å². The Hall–Kier alpha value is -4.48. The van der Waals surface area contributed by atoms with Gasteiger partial charge >= 0.3 is 0 Å². The fraction of sp³-hybridized carbons (Fsp3) is 0.194. The average Bonchev–Trinajstić information content (AvgIpc) is 3.48.